The highest BCUT2D eigenvalue weighted by molar-refractivity contribution is 6.33. The quantitative estimate of drug-likeness (QED) is 0.715. The average Bonchev–Trinajstić information content (AvgIpc) is 2.57. The molecule has 3 aromatic rings. The summed E-state index contributed by atoms with van der Waals surface area (Å²) in [5, 5.41) is 3.88. The molecule has 1 N–H and O–H groups in total. The van der Waals surface area contributed by atoms with Crippen LogP contribution in [0.1, 0.15) is 27.0 Å². The normalized spacial score (nSPS) is 10.9. The van der Waals surface area contributed by atoms with Gasteiger partial charge in [-0.1, -0.05) is 23.7 Å². The molecule has 0 bridgehead atoms. The number of nitrogens with one attached hydrogen (secondary N) is 1. The number of amides is 1. The molecule has 0 unspecified atom stereocenters. The summed E-state index contributed by atoms with van der Waals surface area (Å²) in [6, 6.07) is 8.70. The van der Waals surface area contributed by atoms with Crippen LogP contribution in [0.25, 0.3) is 11.0 Å². The van der Waals surface area contributed by atoms with Gasteiger partial charge in [-0.05, 0) is 48.7 Å². The highest BCUT2D eigenvalue weighted by Gasteiger charge is 2.15. The smallest absolute Gasteiger partial charge is 0.336 e. The minimum Gasteiger partial charge on any atom is -0.423 e. The zero-order valence-electron chi connectivity index (χ0n) is 13.7. The van der Waals surface area contributed by atoms with E-state index >= 15 is 0 Å². The first-order valence-corrected chi connectivity index (χ1v) is 8.01. The molecule has 0 atom stereocenters. The first kappa shape index (κ1) is 17.2. The summed E-state index contributed by atoms with van der Waals surface area (Å²) in [5.74, 6) is -1.16. The Morgan fingerprint density at radius 3 is 2.68 bits per heavy atom. The molecule has 1 amide bonds. The number of rotatable bonds is 3. The van der Waals surface area contributed by atoms with Crippen molar-refractivity contribution < 1.29 is 13.6 Å². The molecule has 0 spiro atoms. The Hall–Kier alpha value is -2.66. The van der Waals surface area contributed by atoms with Gasteiger partial charge in [-0.25, -0.2) is 9.18 Å². The fourth-order valence-corrected chi connectivity index (χ4v) is 2.96. The molecule has 1 aromatic heterocycles. The van der Waals surface area contributed by atoms with E-state index in [0.29, 0.717) is 21.6 Å². The third kappa shape index (κ3) is 3.28. The van der Waals surface area contributed by atoms with Crippen LogP contribution in [0, 0.1) is 19.7 Å². The number of benzene rings is 2. The van der Waals surface area contributed by atoms with Crippen LogP contribution in [-0.4, -0.2) is 5.91 Å². The Kier molecular flexibility index (Phi) is 4.59. The summed E-state index contributed by atoms with van der Waals surface area (Å²) in [5.41, 5.74) is 1.94. The Morgan fingerprint density at radius 1 is 1.24 bits per heavy atom. The average molecular weight is 360 g/mol. The van der Waals surface area contributed by atoms with E-state index in [0.717, 1.165) is 11.1 Å². The molecule has 3 rings (SSSR count). The van der Waals surface area contributed by atoms with E-state index in [1.165, 1.54) is 24.3 Å². The molecule has 0 aliphatic carbocycles. The standard InChI is InChI=1S/C19H15ClFNO3/c1-10-7-15-17(11(2)18(10)20)12(8-16(23)25-15)9-22-19(24)13-5-3-4-6-14(13)21/h3-8H,9H2,1-2H3,(H,22,24). The lowest BCUT2D eigenvalue weighted by Crippen LogP contribution is -2.24. The molecule has 2 aromatic carbocycles. The minimum atomic E-state index is -0.604. The van der Waals surface area contributed by atoms with Gasteiger partial charge in [0.15, 0.2) is 0 Å². The second-order valence-electron chi connectivity index (χ2n) is 5.76. The number of hydrogen-bond donors (Lipinski definition) is 1. The van der Waals surface area contributed by atoms with Gasteiger partial charge < -0.3 is 9.73 Å². The van der Waals surface area contributed by atoms with Crippen LogP contribution in [0.4, 0.5) is 4.39 Å². The number of halogens is 2. The van der Waals surface area contributed by atoms with Crippen LogP contribution in [0.2, 0.25) is 5.02 Å². The second kappa shape index (κ2) is 6.69. The van der Waals surface area contributed by atoms with Crippen LogP contribution in [0.15, 0.2) is 45.6 Å². The highest BCUT2D eigenvalue weighted by Crippen LogP contribution is 2.30. The van der Waals surface area contributed by atoms with Crippen molar-refractivity contribution in [1.82, 2.24) is 5.32 Å². The number of aryl methyl sites for hydroxylation is 2. The molecule has 0 aliphatic rings. The molecule has 128 valence electrons. The van der Waals surface area contributed by atoms with Gasteiger partial charge in [0.05, 0.1) is 5.56 Å². The molecule has 0 saturated heterocycles. The third-order valence-electron chi connectivity index (χ3n) is 4.03. The van der Waals surface area contributed by atoms with E-state index in [1.54, 1.807) is 12.1 Å². The summed E-state index contributed by atoms with van der Waals surface area (Å²) in [6.45, 7) is 3.69. The van der Waals surface area contributed by atoms with Crippen LogP contribution in [0.5, 0.6) is 0 Å². The third-order valence-corrected chi connectivity index (χ3v) is 4.61. The molecule has 6 heteroatoms. The maximum atomic E-state index is 13.7. The molecule has 25 heavy (non-hydrogen) atoms. The van der Waals surface area contributed by atoms with Crippen molar-refractivity contribution in [3.8, 4) is 0 Å². The van der Waals surface area contributed by atoms with Gasteiger partial charge >= 0.3 is 5.63 Å². The van der Waals surface area contributed by atoms with Gasteiger partial charge in [-0.15, -0.1) is 0 Å². The molecule has 0 radical (unpaired) electrons. The highest BCUT2D eigenvalue weighted by atomic mass is 35.5. The number of hydrogen-bond acceptors (Lipinski definition) is 3. The molecular weight excluding hydrogens is 345 g/mol. The first-order valence-electron chi connectivity index (χ1n) is 7.63. The van der Waals surface area contributed by atoms with Gasteiger partial charge in [0, 0.05) is 23.0 Å². The summed E-state index contributed by atoms with van der Waals surface area (Å²) in [7, 11) is 0. The maximum Gasteiger partial charge on any atom is 0.336 e. The molecule has 0 saturated carbocycles. The molecule has 1 heterocycles. The number of fused-ring (bicyclic) bond motifs is 1. The van der Waals surface area contributed by atoms with Crippen LogP contribution in [0.3, 0.4) is 0 Å². The summed E-state index contributed by atoms with van der Waals surface area (Å²) in [6.07, 6.45) is 0. The van der Waals surface area contributed by atoms with Crippen molar-refractivity contribution in [2.45, 2.75) is 20.4 Å². The SMILES string of the molecule is Cc1cc2oc(=O)cc(CNC(=O)c3ccccc3F)c2c(C)c1Cl. The Bertz CT molecular complexity index is 1040. The fourth-order valence-electron chi connectivity index (χ4n) is 2.81. The van der Waals surface area contributed by atoms with Crippen LogP contribution >= 0.6 is 11.6 Å². The van der Waals surface area contributed by atoms with Gasteiger partial charge in [-0.2, -0.15) is 0 Å². The van der Waals surface area contributed by atoms with E-state index in [2.05, 4.69) is 5.32 Å². The predicted octanol–water partition coefficient (Wildman–Crippen LogP) is 4.13. The minimum absolute atomic E-state index is 0.0511. The Balaban J connectivity index is 1.99. The van der Waals surface area contributed by atoms with Crippen molar-refractivity contribution in [2.75, 3.05) is 0 Å². The molecule has 0 fully saturated rings. The summed E-state index contributed by atoms with van der Waals surface area (Å²) >= 11 is 6.29. The van der Waals surface area contributed by atoms with E-state index in [1.807, 2.05) is 13.8 Å². The number of carbonyl (C=O) groups excluding carboxylic acids is 1. The topological polar surface area (TPSA) is 59.3 Å². The van der Waals surface area contributed by atoms with Gasteiger partial charge in [0.2, 0.25) is 0 Å². The second-order valence-corrected chi connectivity index (χ2v) is 6.14. The summed E-state index contributed by atoms with van der Waals surface area (Å²) in [4.78, 5) is 24.0. The molecule has 4 nitrogen and oxygen atoms in total. The maximum absolute atomic E-state index is 13.7. The van der Waals surface area contributed by atoms with Gasteiger partial charge in [0.25, 0.3) is 5.91 Å². The van der Waals surface area contributed by atoms with E-state index in [9.17, 15) is 14.0 Å². The van der Waals surface area contributed by atoms with Crippen molar-refractivity contribution >= 4 is 28.5 Å². The van der Waals surface area contributed by atoms with Gasteiger partial charge in [-0.3, -0.25) is 4.79 Å². The van der Waals surface area contributed by atoms with E-state index in [-0.39, 0.29) is 12.1 Å². The van der Waals surface area contributed by atoms with Crippen LogP contribution in [-0.2, 0) is 6.54 Å². The monoisotopic (exact) mass is 359 g/mol. The van der Waals surface area contributed by atoms with Crippen molar-refractivity contribution in [2.24, 2.45) is 0 Å². The number of carbonyl (C=O) groups is 1. The zero-order valence-corrected chi connectivity index (χ0v) is 14.4. The molecular formula is C19H15ClFNO3. The first-order chi connectivity index (χ1) is 11.9. The lowest BCUT2D eigenvalue weighted by atomic mass is 10.0. The Labute approximate surface area is 148 Å². The predicted molar refractivity (Wildman–Crippen MR) is 94.5 cm³/mol. The van der Waals surface area contributed by atoms with Crippen LogP contribution < -0.4 is 10.9 Å². The van der Waals surface area contributed by atoms with Crippen molar-refractivity contribution in [1.29, 1.82) is 0 Å². The van der Waals surface area contributed by atoms with Crippen molar-refractivity contribution in [3.63, 3.8) is 0 Å². The lowest BCUT2D eigenvalue weighted by Gasteiger charge is -2.12. The lowest BCUT2D eigenvalue weighted by molar-refractivity contribution is 0.0947. The summed E-state index contributed by atoms with van der Waals surface area (Å²) < 4.78 is 18.9. The van der Waals surface area contributed by atoms with E-state index < -0.39 is 17.3 Å². The van der Waals surface area contributed by atoms with Gasteiger partial charge in [0.1, 0.15) is 11.4 Å². The fraction of sp³-hybridized carbons (Fsp3) is 0.158. The Morgan fingerprint density at radius 2 is 1.96 bits per heavy atom. The van der Waals surface area contributed by atoms with E-state index in [4.69, 9.17) is 16.0 Å². The zero-order chi connectivity index (χ0) is 18.1. The largest absolute Gasteiger partial charge is 0.423 e. The molecule has 0 aliphatic heterocycles. The van der Waals surface area contributed by atoms with Crippen molar-refractivity contribution in [3.05, 3.63) is 79.9 Å².